The van der Waals surface area contributed by atoms with Gasteiger partial charge in [-0.2, -0.15) is 5.11 Å². The summed E-state index contributed by atoms with van der Waals surface area (Å²) < 4.78 is 16.2. The molecule has 0 aliphatic rings. The van der Waals surface area contributed by atoms with E-state index in [1.807, 2.05) is 42.5 Å². The van der Waals surface area contributed by atoms with E-state index in [-0.39, 0.29) is 5.69 Å². The fourth-order valence-electron chi connectivity index (χ4n) is 3.36. The molecular weight excluding hydrogens is 408 g/mol. The molecule has 1 heterocycles. The highest BCUT2D eigenvalue weighted by Crippen LogP contribution is 2.37. The molecule has 0 fully saturated rings. The first-order valence-corrected chi connectivity index (χ1v) is 9.83. The predicted molar refractivity (Wildman–Crippen MR) is 123 cm³/mol. The van der Waals surface area contributed by atoms with E-state index in [4.69, 9.17) is 14.2 Å². The van der Waals surface area contributed by atoms with Gasteiger partial charge in [0.25, 0.3) is 5.56 Å². The molecular formula is C24H22N4O4. The van der Waals surface area contributed by atoms with Crippen LogP contribution >= 0.6 is 0 Å². The van der Waals surface area contributed by atoms with E-state index in [2.05, 4.69) is 20.4 Å². The normalized spacial score (nSPS) is 11.0. The van der Waals surface area contributed by atoms with Crippen LogP contribution in [-0.4, -0.2) is 31.5 Å². The molecule has 8 nitrogen and oxygen atoms in total. The lowest BCUT2D eigenvalue weighted by atomic mass is 10.0. The van der Waals surface area contributed by atoms with Crippen LogP contribution in [0.4, 0.5) is 11.4 Å². The van der Waals surface area contributed by atoms with Gasteiger partial charge in [0.15, 0.2) is 5.69 Å². The first-order valence-electron chi connectivity index (χ1n) is 9.83. The van der Waals surface area contributed by atoms with E-state index in [1.165, 1.54) is 0 Å². The van der Waals surface area contributed by atoms with Crippen LogP contribution in [0, 0.1) is 0 Å². The Balaban J connectivity index is 1.73. The molecule has 1 aromatic heterocycles. The summed E-state index contributed by atoms with van der Waals surface area (Å²) in [5.74, 6) is 1.89. The zero-order chi connectivity index (χ0) is 22.5. The van der Waals surface area contributed by atoms with E-state index in [0.717, 1.165) is 16.9 Å². The van der Waals surface area contributed by atoms with Gasteiger partial charge < -0.3 is 14.2 Å². The molecule has 0 unspecified atom stereocenters. The summed E-state index contributed by atoms with van der Waals surface area (Å²) in [6.45, 7) is 0. The van der Waals surface area contributed by atoms with E-state index in [0.29, 0.717) is 28.4 Å². The fraction of sp³-hybridized carbons (Fsp3) is 0.125. The molecule has 3 aromatic carbocycles. The van der Waals surface area contributed by atoms with E-state index in [9.17, 15) is 4.79 Å². The van der Waals surface area contributed by atoms with Crippen molar-refractivity contribution in [2.45, 2.75) is 0 Å². The number of methoxy groups -OCH3 is 3. The Morgan fingerprint density at radius 3 is 2.22 bits per heavy atom. The zero-order valence-electron chi connectivity index (χ0n) is 17.9. The van der Waals surface area contributed by atoms with Crippen LogP contribution in [0.3, 0.4) is 0 Å². The summed E-state index contributed by atoms with van der Waals surface area (Å²) in [4.78, 5) is 12.4. The number of hydrogen-bond donors (Lipinski definition) is 2. The number of hydrogen-bond acceptors (Lipinski definition) is 6. The van der Waals surface area contributed by atoms with Crippen molar-refractivity contribution in [3.63, 3.8) is 0 Å². The monoisotopic (exact) mass is 430 g/mol. The molecule has 4 aromatic rings. The van der Waals surface area contributed by atoms with Crippen molar-refractivity contribution in [3.8, 4) is 39.6 Å². The third-order valence-electron chi connectivity index (χ3n) is 4.96. The second-order valence-corrected chi connectivity index (χ2v) is 6.82. The number of nitrogens with zero attached hydrogens (tertiary/aromatic N) is 2. The zero-order valence-corrected chi connectivity index (χ0v) is 17.9. The van der Waals surface area contributed by atoms with Crippen molar-refractivity contribution in [3.05, 3.63) is 77.1 Å². The molecule has 0 saturated carbocycles. The molecule has 162 valence electrons. The number of azo groups is 1. The molecule has 0 aliphatic heterocycles. The van der Waals surface area contributed by atoms with Crippen LogP contribution in [0.1, 0.15) is 0 Å². The maximum absolute atomic E-state index is 12.4. The Hall–Kier alpha value is -4.33. The quantitative estimate of drug-likeness (QED) is 0.379. The summed E-state index contributed by atoms with van der Waals surface area (Å²) >= 11 is 0. The molecule has 32 heavy (non-hydrogen) atoms. The lowest BCUT2D eigenvalue weighted by molar-refractivity contribution is 0.395. The van der Waals surface area contributed by atoms with Crippen molar-refractivity contribution in [1.82, 2.24) is 10.2 Å². The van der Waals surface area contributed by atoms with Gasteiger partial charge in [-0.15, -0.1) is 5.11 Å². The second-order valence-electron chi connectivity index (χ2n) is 6.82. The molecule has 2 N–H and O–H groups in total. The van der Waals surface area contributed by atoms with E-state index >= 15 is 0 Å². The first-order chi connectivity index (χ1) is 15.6. The maximum Gasteiger partial charge on any atom is 0.292 e. The van der Waals surface area contributed by atoms with Gasteiger partial charge in [0.2, 0.25) is 0 Å². The highest BCUT2D eigenvalue weighted by molar-refractivity contribution is 5.77. The SMILES string of the molecule is COc1ccc(-c2[nH][nH]c(=O)c2N=Nc2ccc(OC)c(-c3ccccc3)c2)c(OC)c1. The van der Waals surface area contributed by atoms with Gasteiger partial charge in [0.1, 0.15) is 17.2 Å². The number of rotatable bonds is 7. The molecule has 0 bridgehead atoms. The van der Waals surface area contributed by atoms with Crippen LogP contribution < -0.4 is 19.8 Å². The molecule has 0 saturated heterocycles. The molecule has 0 amide bonds. The van der Waals surface area contributed by atoms with Crippen molar-refractivity contribution in [2.75, 3.05) is 21.3 Å². The summed E-state index contributed by atoms with van der Waals surface area (Å²) in [5, 5.41) is 14.0. The summed E-state index contributed by atoms with van der Waals surface area (Å²) in [6.07, 6.45) is 0. The van der Waals surface area contributed by atoms with Crippen molar-refractivity contribution < 1.29 is 14.2 Å². The molecule has 0 radical (unpaired) electrons. The number of aromatic amines is 2. The minimum absolute atomic E-state index is 0.144. The van der Waals surface area contributed by atoms with Crippen LogP contribution in [0.25, 0.3) is 22.4 Å². The first kappa shape index (κ1) is 20.9. The topological polar surface area (TPSA) is 101 Å². The van der Waals surface area contributed by atoms with Gasteiger partial charge in [-0.05, 0) is 35.9 Å². The fourth-order valence-corrected chi connectivity index (χ4v) is 3.36. The average Bonchev–Trinajstić information content (AvgIpc) is 3.22. The van der Waals surface area contributed by atoms with Crippen molar-refractivity contribution >= 4 is 11.4 Å². The molecule has 8 heteroatoms. The van der Waals surface area contributed by atoms with Gasteiger partial charge in [-0.3, -0.25) is 15.0 Å². The van der Waals surface area contributed by atoms with Crippen molar-refractivity contribution in [1.29, 1.82) is 0 Å². The third-order valence-corrected chi connectivity index (χ3v) is 4.96. The predicted octanol–water partition coefficient (Wildman–Crippen LogP) is 5.48. The van der Waals surface area contributed by atoms with Gasteiger partial charge in [0, 0.05) is 17.2 Å². The molecule has 0 atom stereocenters. The molecule has 4 rings (SSSR count). The highest BCUT2D eigenvalue weighted by atomic mass is 16.5. The van der Waals surface area contributed by atoms with Gasteiger partial charge in [-0.1, -0.05) is 30.3 Å². The lowest BCUT2D eigenvalue weighted by Crippen LogP contribution is -1.96. The Morgan fingerprint density at radius 2 is 1.50 bits per heavy atom. The van der Waals surface area contributed by atoms with Crippen LogP contribution in [0.5, 0.6) is 17.2 Å². The highest BCUT2D eigenvalue weighted by Gasteiger charge is 2.17. The van der Waals surface area contributed by atoms with E-state index in [1.54, 1.807) is 45.6 Å². The molecule has 0 spiro atoms. The lowest BCUT2D eigenvalue weighted by Gasteiger charge is -2.10. The van der Waals surface area contributed by atoms with Crippen LogP contribution in [0.2, 0.25) is 0 Å². The maximum atomic E-state index is 12.4. The van der Waals surface area contributed by atoms with Crippen molar-refractivity contribution in [2.24, 2.45) is 10.2 Å². The summed E-state index contributed by atoms with van der Waals surface area (Å²) in [5.41, 5.74) is 3.33. The number of ether oxygens (including phenoxy) is 3. The number of aromatic nitrogens is 2. The minimum Gasteiger partial charge on any atom is -0.497 e. The second kappa shape index (κ2) is 9.22. The standard InChI is InChI=1S/C24H22N4O4/c1-30-17-10-11-18(21(14-17)32-3)22-23(24(29)28-26-22)27-25-16-9-12-20(31-2)19(13-16)15-7-5-4-6-8-15/h4-14H,1-3H3,(H2,26,28,29). The largest absolute Gasteiger partial charge is 0.497 e. The number of benzene rings is 3. The third kappa shape index (κ3) is 4.11. The number of nitrogens with one attached hydrogen (secondary N) is 2. The van der Waals surface area contributed by atoms with Gasteiger partial charge in [-0.25, -0.2) is 0 Å². The summed E-state index contributed by atoms with van der Waals surface area (Å²) in [6, 6.07) is 20.6. The van der Waals surface area contributed by atoms with Gasteiger partial charge in [0.05, 0.1) is 32.7 Å². The van der Waals surface area contributed by atoms with E-state index < -0.39 is 5.56 Å². The summed E-state index contributed by atoms with van der Waals surface area (Å²) in [7, 11) is 4.74. The number of H-pyrrole nitrogens is 2. The van der Waals surface area contributed by atoms with Crippen LogP contribution in [-0.2, 0) is 0 Å². The Bertz CT molecular complexity index is 1310. The van der Waals surface area contributed by atoms with Gasteiger partial charge >= 0.3 is 0 Å². The Morgan fingerprint density at radius 1 is 0.719 bits per heavy atom. The smallest absolute Gasteiger partial charge is 0.292 e. The average molecular weight is 430 g/mol. The minimum atomic E-state index is -0.390. The molecule has 0 aliphatic carbocycles. The Kier molecular flexibility index (Phi) is 6.03. The Labute approximate surface area is 184 Å². The van der Waals surface area contributed by atoms with Crippen LogP contribution in [0.15, 0.2) is 81.8 Å².